The highest BCUT2D eigenvalue weighted by Gasteiger charge is 2.14. The second-order valence-electron chi connectivity index (χ2n) is 4.97. The molecule has 0 saturated heterocycles. The molecule has 2 aromatic rings. The average molecular weight is 312 g/mol. The fourth-order valence-corrected chi connectivity index (χ4v) is 1.88. The van der Waals surface area contributed by atoms with E-state index in [2.05, 4.69) is 10.6 Å². The largest absolute Gasteiger partial charge is 0.341 e. The highest BCUT2D eigenvalue weighted by atomic mass is 19.1. The van der Waals surface area contributed by atoms with E-state index in [4.69, 9.17) is 0 Å². The second kappa shape index (κ2) is 7.89. The number of benzene rings is 2. The molecule has 5 heteroatoms. The monoisotopic (exact) mass is 312 g/mol. The van der Waals surface area contributed by atoms with Gasteiger partial charge in [0.1, 0.15) is 11.9 Å². The molecule has 0 aliphatic rings. The Bertz CT molecular complexity index is 714. The van der Waals surface area contributed by atoms with Crippen LogP contribution in [0.5, 0.6) is 0 Å². The molecule has 23 heavy (non-hydrogen) atoms. The van der Waals surface area contributed by atoms with Gasteiger partial charge in [0.25, 0.3) is 0 Å². The maximum Gasteiger partial charge on any atom is 0.246 e. The fraction of sp³-hybridized carbons (Fsp3) is 0.111. The molecule has 0 spiro atoms. The van der Waals surface area contributed by atoms with Crippen LogP contribution in [0.4, 0.5) is 10.1 Å². The number of hydrogen-bond donors (Lipinski definition) is 2. The molecule has 0 heterocycles. The molecule has 2 N–H and O–H groups in total. The summed E-state index contributed by atoms with van der Waals surface area (Å²) >= 11 is 0. The summed E-state index contributed by atoms with van der Waals surface area (Å²) < 4.78 is 13.1. The fourth-order valence-electron chi connectivity index (χ4n) is 1.88. The molecule has 0 bridgehead atoms. The summed E-state index contributed by atoms with van der Waals surface area (Å²) in [6, 6.07) is 14.2. The van der Waals surface area contributed by atoms with Gasteiger partial charge in [-0.25, -0.2) is 4.39 Å². The predicted molar refractivity (Wildman–Crippen MR) is 88.1 cm³/mol. The smallest absolute Gasteiger partial charge is 0.246 e. The van der Waals surface area contributed by atoms with Gasteiger partial charge in [-0.3, -0.25) is 9.59 Å². The number of carbonyl (C=O) groups is 2. The van der Waals surface area contributed by atoms with Crippen LogP contribution in [0.3, 0.4) is 0 Å². The molecule has 2 rings (SSSR count). The Labute approximate surface area is 134 Å². The molecular weight excluding hydrogens is 295 g/mol. The summed E-state index contributed by atoms with van der Waals surface area (Å²) in [7, 11) is 0. The minimum atomic E-state index is -0.744. The topological polar surface area (TPSA) is 58.2 Å². The Morgan fingerprint density at radius 3 is 2.52 bits per heavy atom. The van der Waals surface area contributed by atoms with Crippen LogP contribution in [0.1, 0.15) is 12.5 Å². The summed E-state index contributed by atoms with van der Waals surface area (Å²) in [4.78, 5) is 23.8. The van der Waals surface area contributed by atoms with Crippen molar-refractivity contribution in [3.63, 3.8) is 0 Å². The Kier molecular flexibility index (Phi) is 5.63. The number of carbonyl (C=O) groups excluding carboxylic acids is 2. The van der Waals surface area contributed by atoms with Crippen molar-refractivity contribution in [1.82, 2.24) is 5.32 Å². The van der Waals surface area contributed by atoms with Crippen LogP contribution in [-0.4, -0.2) is 17.9 Å². The first-order valence-electron chi connectivity index (χ1n) is 7.14. The van der Waals surface area contributed by atoms with Crippen molar-refractivity contribution >= 4 is 23.6 Å². The van der Waals surface area contributed by atoms with Crippen LogP contribution in [0.2, 0.25) is 0 Å². The lowest BCUT2D eigenvalue weighted by molar-refractivity contribution is -0.123. The first kappa shape index (κ1) is 16.4. The molecule has 1 atom stereocenters. The quantitative estimate of drug-likeness (QED) is 0.834. The van der Waals surface area contributed by atoms with Crippen LogP contribution in [0.15, 0.2) is 60.7 Å². The van der Waals surface area contributed by atoms with Gasteiger partial charge in [0.05, 0.1) is 0 Å². The number of hydrogen-bond acceptors (Lipinski definition) is 2. The molecule has 2 aromatic carbocycles. The molecular formula is C18H17FN2O2. The zero-order chi connectivity index (χ0) is 16.7. The molecule has 118 valence electrons. The second-order valence-corrected chi connectivity index (χ2v) is 4.97. The molecule has 4 nitrogen and oxygen atoms in total. The third-order valence-corrected chi connectivity index (χ3v) is 3.07. The van der Waals surface area contributed by atoms with E-state index in [-0.39, 0.29) is 5.91 Å². The lowest BCUT2D eigenvalue weighted by Gasteiger charge is -2.13. The van der Waals surface area contributed by atoms with Gasteiger partial charge >= 0.3 is 0 Å². The van der Waals surface area contributed by atoms with Crippen molar-refractivity contribution in [2.24, 2.45) is 0 Å². The molecule has 0 fully saturated rings. The summed E-state index contributed by atoms with van der Waals surface area (Å²) in [6.07, 6.45) is 3.02. The van der Waals surface area contributed by atoms with Gasteiger partial charge < -0.3 is 10.6 Å². The normalized spacial score (nSPS) is 11.9. The van der Waals surface area contributed by atoms with Gasteiger partial charge in [-0.2, -0.15) is 0 Å². The van der Waals surface area contributed by atoms with Gasteiger partial charge in [0.15, 0.2) is 0 Å². The van der Waals surface area contributed by atoms with Crippen LogP contribution < -0.4 is 10.6 Å². The Morgan fingerprint density at radius 1 is 1.09 bits per heavy atom. The summed E-state index contributed by atoms with van der Waals surface area (Å²) in [5, 5.41) is 5.10. The van der Waals surface area contributed by atoms with Gasteiger partial charge in [0, 0.05) is 11.8 Å². The zero-order valence-corrected chi connectivity index (χ0v) is 12.6. The van der Waals surface area contributed by atoms with Crippen molar-refractivity contribution in [2.45, 2.75) is 13.0 Å². The number of anilines is 1. The minimum absolute atomic E-state index is 0.343. The van der Waals surface area contributed by atoms with Crippen LogP contribution in [-0.2, 0) is 9.59 Å². The molecule has 0 radical (unpaired) electrons. The number of amides is 2. The van der Waals surface area contributed by atoms with E-state index < -0.39 is 17.8 Å². The molecule has 0 aromatic heterocycles. The lowest BCUT2D eigenvalue weighted by Crippen LogP contribution is -2.40. The highest BCUT2D eigenvalue weighted by Crippen LogP contribution is 2.09. The summed E-state index contributed by atoms with van der Waals surface area (Å²) in [6.45, 7) is 1.56. The van der Waals surface area contributed by atoms with E-state index in [0.29, 0.717) is 5.69 Å². The minimum Gasteiger partial charge on any atom is -0.341 e. The van der Waals surface area contributed by atoms with E-state index in [9.17, 15) is 14.0 Å². The zero-order valence-electron chi connectivity index (χ0n) is 12.6. The maximum atomic E-state index is 13.1. The van der Waals surface area contributed by atoms with Crippen LogP contribution in [0, 0.1) is 5.82 Å². The van der Waals surface area contributed by atoms with E-state index in [1.165, 1.54) is 24.3 Å². The molecule has 0 unspecified atom stereocenters. The van der Waals surface area contributed by atoms with Gasteiger partial charge in [0.2, 0.25) is 11.8 Å². The van der Waals surface area contributed by atoms with Crippen molar-refractivity contribution in [3.8, 4) is 0 Å². The predicted octanol–water partition coefficient (Wildman–Crippen LogP) is 2.98. The summed E-state index contributed by atoms with van der Waals surface area (Å²) in [5.41, 5.74) is 1.23. The molecule has 0 aliphatic carbocycles. The lowest BCUT2D eigenvalue weighted by atomic mass is 10.2. The number of nitrogens with one attached hydrogen (secondary N) is 2. The first-order valence-corrected chi connectivity index (χ1v) is 7.14. The van der Waals surface area contributed by atoms with Gasteiger partial charge in [-0.05, 0) is 36.8 Å². The number of halogens is 1. The van der Waals surface area contributed by atoms with Crippen molar-refractivity contribution < 1.29 is 14.0 Å². The standard InChI is InChI=1S/C18H17FN2O2/c1-13(18(23)21-16-9-5-8-15(19)12-16)20-17(22)11-10-14-6-3-2-4-7-14/h2-13H,1H3,(H,20,22)(H,21,23)/b11-10+/t13-/m0/s1. The van der Waals surface area contributed by atoms with Crippen molar-refractivity contribution in [1.29, 1.82) is 0 Å². The van der Waals surface area contributed by atoms with E-state index in [0.717, 1.165) is 5.56 Å². The Morgan fingerprint density at radius 2 is 1.83 bits per heavy atom. The Hall–Kier alpha value is -2.95. The SMILES string of the molecule is C[C@H](NC(=O)/C=C/c1ccccc1)C(=O)Nc1cccc(F)c1. The first-order chi connectivity index (χ1) is 11.0. The van der Waals surface area contributed by atoms with Gasteiger partial charge in [-0.1, -0.05) is 36.4 Å². The van der Waals surface area contributed by atoms with E-state index in [1.807, 2.05) is 30.3 Å². The third kappa shape index (κ3) is 5.39. The van der Waals surface area contributed by atoms with Gasteiger partial charge in [-0.15, -0.1) is 0 Å². The highest BCUT2D eigenvalue weighted by molar-refractivity contribution is 5.99. The van der Waals surface area contributed by atoms with Crippen LogP contribution >= 0.6 is 0 Å². The Balaban J connectivity index is 1.88. The van der Waals surface area contributed by atoms with E-state index >= 15 is 0 Å². The molecule has 0 aliphatic heterocycles. The van der Waals surface area contributed by atoms with Crippen LogP contribution in [0.25, 0.3) is 6.08 Å². The summed E-state index contributed by atoms with van der Waals surface area (Å²) in [5.74, 6) is -1.24. The molecule has 0 saturated carbocycles. The van der Waals surface area contributed by atoms with E-state index in [1.54, 1.807) is 19.1 Å². The maximum absolute atomic E-state index is 13.1. The molecule has 2 amide bonds. The average Bonchev–Trinajstić information content (AvgIpc) is 2.54. The number of rotatable bonds is 5. The third-order valence-electron chi connectivity index (χ3n) is 3.07. The van der Waals surface area contributed by atoms with Crippen molar-refractivity contribution in [2.75, 3.05) is 5.32 Å². The van der Waals surface area contributed by atoms with Crippen molar-refractivity contribution in [3.05, 3.63) is 72.1 Å².